The molecule has 3 amide bonds. The number of pyridine rings is 3. The van der Waals surface area contributed by atoms with E-state index in [1.165, 1.54) is 74.4 Å². The lowest BCUT2D eigenvalue weighted by Gasteiger charge is -2.44. The zero-order valence-corrected chi connectivity index (χ0v) is 79.1. The van der Waals surface area contributed by atoms with Crippen LogP contribution < -0.4 is 31.8 Å². The number of anilines is 3. The minimum atomic E-state index is -0.798. The zero-order chi connectivity index (χ0) is 96.8. The minimum Gasteiger partial charge on any atom is -0.349 e. The summed E-state index contributed by atoms with van der Waals surface area (Å²) >= 11 is 0. The highest BCUT2D eigenvalue weighted by Gasteiger charge is 2.40. The van der Waals surface area contributed by atoms with Gasteiger partial charge in [0.05, 0.1) is 33.2 Å². The van der Waals surface area contributed by atoms with Gasteiger partial charge in [0.15, 0.2) is 16.9 Å². The number of para-hydroxylation sites is 3. The number of fused-ring (bicyclic) bond motifs is 15. The van der Waals surface area contributed by atoms with Gasteiger partial charge in [-0.05, 0) is 228 Å². The molecule has 136 heavy (non-hydrogen) atoms. The Morgan fingerprint density at radius 2 is 0.603 bits per heavy atom. The van der Waals surface area contributed by atoms with Crippen LogP contribution in [-0.2, 0) is 57.7 Å². The molecule has 3 saturated heterocycles. The second-order valence-electron chi connectivity index (χ2n) is 37.9. The number of amides is 3. The first-order valence-electron chi connectivity index (χ1n) is 47.4. The Morgan fingerprint density at radius 3 is 0.904 bits per heavy atom. The third-order valence-electron chi connectivity index (χ3n) is 27.6. The maximum Gasteiger partial charge on any atom is 0.355 e. The number of aryl methyl sites for hydroxylation is 5. The second-order valence-corrected chi connectivity index (χ2v) is 37.9. The van der Waals surface area contributed by atoms with E-state index >= 15 is 26.3 Å². The van der Waals surface area contributed by atoms with Crippen molar-refractivity contribution in [3.05, 3.63) is 282 Å². The molecule has 6 bridgehead atoms. The lowest BCUT2D eigenvalue weighted by atomic mass is 9.94. The maximum absolute atomic E-state index is 16.3. The molecule has 0 saturated carbocycles. The lowest BCUT2D eigenvalue weighted by Crippen LogP contribution is -2.58. The number of hydrogen-bond acceptors (Lipinski definition) is 16. The van der Waals surface area contributed by atoms with E-state index in [1.807, 2.05) is 137 Å². The summed E-state index contributed by atoms with van der Waals surface area (Å²) in [5, 5.41) is 1.00. The number of piperazine rings is 3. The number of nitrogens with zero attached hydrogens (tertiary/aromatic N) is 15. The third kappa shape index (κ3) is 18.3. The smallest absolute Gasteiger partial charge is 0.349 e. The summed E-state index contributed by atoms with van der Waals surface area (Å²) in [6.45, 7) is 36.9. The largest absolute Gasteiger partial charge is 0.355 e. The van der Waals surface area contributed by atoms with Crippen molar-refractivity contribution in [1.82, 2.24) is 58.3 Å². The van der Waals surface area contributed by atoms with Gasteiger partial charge in [-0.15, -0.1) is 0 Å². The molecule has 0 radical (unpaired) electrons. The van der Waals surface area contributed by atoms with E-state index in [4.69, 9.17) is 15.0 Å². The minimum absolute atomic E-state index is 0.00308. The van der Waals surface area contributed by atoms with Crippen molar-refractivity contribution in [2.24, 2.45) is 0 Å². The van der Waals surface area contributed by atoms with Crippen LogP contribution in [0.4, 0.5) is 43.8 Å². The van der Waals surface area contributed by atoms with Crippen molar-refractivity contribution in [3.63, 3.8) is 0 Å². The Hall–Kier alpha value is -13.5. The van der Waals surface area contributed by atoms with Crippen molar-refractivity contribution in [2.75, 3.05) is 54.0 Å². The molecule has 6 aliphatic rings. The van der Waals surface area contributed by atoms with Gasteiger partial charge in [-0.2, -0.15) is 15.0 Å². The number of rotatable bonds is 9. The van der Waals surface area contributed by atoms with Crippen LogP contribution in [0.5, 0.6) is 0 Å². The van der Waals surface area contributed by atoms with Gasteiger partial charge in [0.25, 0.3) is 0 Å². The summed E-state index contributed by atoms with van der Waals surface area (Å²) in [6.07, 6.45) is 12.9. The highest BCUT2D eigenvalue weighted by atomic mass is 19.1. The number of Topliss-reactive ketones (excluding diaryl/α,β-unsaturated/α-hetero) is 1. The van der Waals surface area contributed by atoms with Gasteiger partial charge in [0.2, 0.25) is 17.7 Å². The average Bonchev–Trinajstić information content (AvgIpc) is 0.809. The second kappa shape index (κ2) is 39.8. The molecule has 0 unspecified atom stereocenters. The van der Waals surface area contributed by atoms with Crippen LogP contribution in [0.25, 0.3) is 83.9 Å². The van der Waals surface area contributed by atoms with E-state index in [9.17, 15) is 33.6 Å². The predicted octanol–water partition coefficient (Wildman–Crippen LogP) is 19.4. The summed E-state index contributed by atoms with van der Waals surface area (Å²) in [4.78, 5) is 133. The maximum atomic E-state index is 16.3. The zero-order valence-electron chi connectivity index (χ0n) is 79.1. The molecular weight excluding hydrogens is 1730 g/mol. The van der Waals surface area contributed by atoms with Crippen LogP contribution in [0.15, 0.2) is 180 Å². The number of halogens is 6. The summed E-state index contributed by atoms with van der Waals surface area (Å²) in [5.74, 6) is -3.60. The third-order valence-corrected chi connectivity index (χ3v) is 27.6. The first-order valence-corrected chi connectivity index (χ1v) is 47.4. The molecule has 6 aromatic heterocycles. The topological polar surface area (TPSA) is 231 Å². The Morgan fingerprint density at radius 1 is 0.331 bits per heavy atom. The summed E-state index contributed by atoms with van der Waals surface area (Å²) < 4.78 is 100. The summed E-state index contributed by atoms with van der Waals surface area (Å²) in [7, 11) is 0. The van der Waals surface area contributed by atoms with Crippen LogP contribution >= 0.6 is 0 Å². The van der Waals surface area contributed by atoms with Crippen LogP contribution in [0.1, 0.15) is 202 Å². The summed E-state index contributed by atoms with van der Waals surface area (Å²) in [6, 6.07) is 34.4. The van der Waals surface area contributed by atoms with Crippen LogP contribution in [0.2, 0.25) is 0 Å². The number of benzene rings is 6. The van der Waals surface area contributed by atoms with Crippen LogP contribution in [0.3, 0.4) is 0 Å². The van der Waals surface area contributed by atoms with Gasteiger partial charge in [-0.3, -0.25) is 19.2 Å². The average molecular weight is 1850 g/mol. The van der Waals surface area contributed by atoms with E-state index in [2.05, 4.69) is 62.4 Å². The summed E-state index contributed by atoms with van der Waals surface area (Å²) in [5.41, 5.74) is 7.92. The molecule has 22 nitrogen and oxygen atoms in total. The van der Waals surface area contributed by atoms with Crippen molar-refractivity contribution in [2.45, 2.75) is 227 Å². The molecule has 0 spiro atoms. The molecule has 706 valence electrons. The molecule has 6 aromatic carbocycles. The van der Waals surface area contributed by atoms with Gasteiger partial charge < -0.3 is 29.4 Å². The molecular formula is C108H115F6N15O7. The number of ketones is 1. The van der Waals surface area contributed by atoms with Crippen molar-refractivity contribution in [1.29, 1.82) is 0 Å². The molecule has 0 N–H and O–H groups in total. The Bertz CT molecular complexity index is 6720. The van der Waals surface area contributed by atoms with Crippen LogP contribution in [0, 0.1) is 34.9 Å². The molecule has 18 rings (SSSR count). The molecule has 12 aromatic rings. The van der Waals surface area contributed by atoms with E-state index in [-0.39, 0.29) is 152 Å². The quantitative estimate of drug-likeness (QED) is 0.0966. The first kappa shape index (κ1) is 95.6. The fourth-order valence-electron chi connectivity index (χ4n) is 20.8. The molecule has 3 fully saturated rings. The van der Waals surface area contributed by atoms with E-state index in [0.29, 0.717) is 121 Å². The van der Waals surface area contributed by atoms with E-state index < -0.39 is 52.0 Å². The SMILES string of the molecule is C=CC(=O)N1C[C@H](C)N(c2nc(=O)n3c4nc(c(F)cc24)-c2c(F)cccc2CC(=O)CCCc2cccc(C(C)C)c2-3)C[C@H]1C.C=CC(=O)N1C[C@H](C)N(c2nc(=O)n3c4nc(c(F)cc24)-c2c(F)cccc2CCCCCc2cccc(C(C)C)c2-3)C[C@H]1C.C=CC(=O)N1C[C@H](C)N(c2nc(=O)n3c4nc(c(F)cc24)-c2c(F)cccc2CCCCCc2cccc(C(C)C)c2-3)C[C@H]1C. The fourth-order valence-corrected chi connectivity index (χ4v) is 20.8. The van der Waals surface area contributed by atoms with Gasteiger partial charge in [-0.25, -0.2) is 69.4 Å². The highest BCUT2D eigenvalue weighted by molar-refractivity contribution is 5.96. The monoisotopic (exact) mass is 1850 g/mol. The van der Waals surface area contributed by atoms with Crippen molar-refractivity contribution in [3.8, 4) is 50.8 Å². The first-order chi connectivity index (χ1) is 65.2. The molecule has 28 heteroatoms. The molecule has 12 heterocycles. The van der Waals surface area contributed by atoms with Gasteiger partial charge >= 0.3 is 17.1 Å². The fraction of sp³-hybridized carbons (Fsp3) is 0.380. The predicted molar refractivity (Wildman–Crippen MR) is 522 cm³/mol. The Balaban J connectivity index is 0.000000148. The van der Waals surface area contributed by atoms with E-state index in [0.717, 1.165) is 84.7 Å². The van der Waals surface area contributed by atoms with Crippen molar-refractivity contribution >= 4 is 74.1 Å². The number of carbonyl (C=O) groups excluding carboxylic acids is 4. The van der Waals surface area contributed by atoms with Gasteiger partial charge in [0, 0.05) is 105 Å². The van der Waals surface area contributed by atoms with Gasteiger partial charge in [0.1, 0.15) is 75.2 Å². The van der Waals surface area contributed by atoms with Crippen LogP contribution in [-0.4, -0.2) is 157 Å². The Labute approximate surface area is 787 Å². The van der Waals surface area contributed by atoms with Crippen molar-refractivity contribution < 1.29 is 45.5 Å². The number of hydrogen-bond donors (Lipinski definition) is 0. The molecule has 6 aliphatic heterocycles. The number of aromatic nitrogens is 9. The Kier molecular flexibility index (Phi) is 28.0. The lowest BCUT2D eigenvalue weighted by molar-refractivity contribution is -0.129. The highest BCUT2D eigenvalue weighted by Crippen LogP contribution is 2.44. The molecule has 0 aliphatic carbocycles. The number of carbonyl (C=O) groups is 4. The molecule has 6 atom stereocenters. The van der Waals surface area contributed by atoms with Gasteiger partial charge in [-0.1, -0.05) is 165 Å². The van der Waals surface area contributed by atoms with E-state index in [1.54, 1.807) is 32.9 Å². The normalized spacial score (nSPS) is 18.6. The standard InChI is InChI=1S/C36H37F2N5O3.2C36H39F2N5O2/c1-6-30(45)41-18-22(5)42(19-21(41)4)34-27-17-29(38)32-31-24(12-9-15-28(31)37)16-25(44)13-7-10-23-11-8-14-26(20(2)3)33(23)43(35(27)39-32)36(46)40-34;2*1-6-30(44)41-19-23(5)42(20-22(41)4)34-27-18-29(38)32-31-24(14-11-17-28(31)37)12-8-7-9-13-25-15-10-16-26(21(2)3)33(25)43(35(27)39-32)36(45)40-34/h6,8-9,11-12,14-15,17,20-22H,1,7,10,13,16,18-19H2,2-5H3;2*6,10-11,14-18,21-23H,1,7-9,12-13,19-20H2,2-5H3/t21-,22+;2*22-,23+/m111/s1.